The second kappa shape index (κ2) is 8.15. The quantitative estimate of drug-likeness (QED) is 0.587. The minimum absolute atomic E-state index is 0.0609. The van der Waals surface area contributed by atoms with E-state index >= 15 is 0 Å². The average Bonchev–Trinajstić information content (AvgIpc) is 2.60. The van der Waals surface area contributed by atoms with Gasteiger partial charge in [-0.25, -0.2) is 0 Å². The second-order valence-corrected chi connectivity index (χ2v) is 6.24. The number of hydrogen-bond acceptors (Lipinski definition) is 3. The maximum Gasteiger partial charge on any atom is 0.127 e. The SMILES string of the molecule is Oc1cc(OCc2ccccc2Cl)cc(OCc2ccccc2Cl)c1. The van der Waals surface area contributed by atoms with Gasteiger partial charge in [0.25, 0.3) is 0 Å². The van der Waals surface area contributed by atoms with Crippen molar-refractivity contribution in [1.82, 2.24) is 0 Å². The zero-order valence-electron chi connectivity index (χ0n) is 13.3. The van der Waals surface area contributed by atoms with Gasteiger partial charge >= 0.3 is 0 Å². The Morgan fingerprint density at radius 2 is 1.12 bits per heavy atom. The van der Waals surface area contributed by atoms with E-state index < -0.39 is 0 Å². The normalized spacial score (nSPS) is 10.5. The molecule has 0 radical (unpaired) electrons. The van der Waals surface area contributed by atoms with Crippen LogP contribution in [0.4, 0.5) is 0 Å². The lowest BCUT2D eigenvalue weighted by Crippen LogP contribution is -1.98. The van der Waals surface area contributed by atoms with E-state index in [9.17, 15) is 5.11 Å². The first-order valence-electron chi connectivity index (χ1n) is 7.68. The highest BCUT2D eigenvalue weighted by molar-refractivity contribution is 6.31. The lowest BCUT2D eigenvalue weighted by molar-refractivity contribution is 0.287. The number of rotatable bonds is 6. The van der Waals surface area contributed by atoms with Crippen molar-refractivity contribution in [1.29, 1.82) is 0 Å². The maximum atomic E-state index is 9.89. The van der Waals surface area contributed by atoms with E-state index in [4.69, 9.17) is 32.7 Å². The maximum absolute atomic E-state index is 9.89. The first kappa shape index (κ1) is 17.5. The molecule has 3 aromatic carbocycles. The summed E-state index contributed by atoms with van der Waals surface area (Å²) in [5, 5.41) is 11.2. The van der Waals surface area contributed by atoms with Gasteiger partial charge in [0.2, 0.25) is 0 Å². The van der Waals surface area contributed by atoms with Crippen molar-refractivity contribution >= 4 is 23.2 Å². The zero-order chi connectivity index (χ0) is 17.6. The molecule has 3 aromatic rings. The molecule has 3 nitrogen and oxygen atoms in total. The molecule has 0 atom stereocenters. The number of hydrogen-bond donors (Lipinski definition) is 1. The molecular weight excluding hydrogens is 359 g/mol. The molecule has 0 saturated heterocycles. The van der Waals surface area contributed by atoms with Gasteiger partial charge in [0.15, 0.2) is 0 Å². The fourth-order valence-corrected chi connectivity index (χ4v) is 2.66. The highest BCUT2D eigenvalue weighted by atomic mass is 35.5. The van der Waals surface area contributed by atoms with Gasteiger partial charge in [-0.15, -0.1) is 0 Å². The Morgan fingerprint density at radius 1 is 0.680 bits per heavy atom. The van der Waals surface area contributed by atoms with Crippen LogP contribution >= 0.6 is 23.2 Å². The molecule has 0 amide bonds. The monoisotopic (exact) mass is 374 g/mol. The lowest BCUT2D eigenvalue weighted by Gasteiger charge is -2.12. The van der Waals surface area contributed by atoms with E-state index in [0.29, 0.717) is 34.8 Å². The largest absolute Gasteiger partial charge is 0.508 e. The number of ether oxygens (including phenoxy) is 2. The summed E-state index contributed by atoms with van der Waals surface area (Å²) in [6, 6.07) is 19.7. The Labute approximate surface area is 156 Å². The fourth-order valence-electron chi connectivity index (χ4n) is 2.28. The van der Waals surface area contributed by atoms with Gasteiger partial charge in [-0.2, -0.15) is 0 Å². The molecule has 0 heterocycles. The van der Waals surface area contributed by atoms with Crippen LogP contribution in [0.2, 0.25) is 10.0 Å². The van der Waals surface area contributed by atoms with Crippen molar-refractivity contribution in [2.75, 3.05) is 0 Å². The van der Waals surface area contributed by atoms with Gasteiger partial charge in [-0.1, -0.05) is 59.6 Å². The molecule has 25 heavy (non-hydrogen) atoms. The molecule has 0 spiro atoms. The molecule has 0 aliphatic rings. The summed E-state index contributed by atoms with van der Waals surface area (Å²) in [7, 11) is 0. The molecule has 5 heteroatoms. The molecule has 1 N–H and O–H groups in total. The van der Waals surface area contributed by atoms with Crippen LogP contribution in [0.25, 0.3) is 0 Å². The topological polar surface area (TPSA) is 38.7 Å². The molecule has 128 valence electrons. The van der Waals surface area contributed by atoms with Crippen LogP contribution < -0.4 is 9.47 Å². The highest BCUT2D eigenvalue weighted by Gasteiger charge is 2.06. The third kappa shape index (κ3) is 4.81. The predicted octanol–water partition coefficient (Wildman–Crippen LogP) is 5.86. The molecule has 0 aromatic heterocycles. The summed E-state index contributed by atoms with van der Waals surface area (Å²) < 4.78 is 11.4. The van der Waals surface area contributed by atoms with Crippen molar-refractivity contribution in [2.45, 2.75) is 13.2 Å². The summed E-state index contributed by atoms with van der Waals surface area (Å²) in [6.07, 6.45) is 0. The van der Waals surface area contributed by atoms with Crippen molar-refractivity contribution in [2.24, 2.45) is 0 Å². The average molecular weight is 375 g/mol. The van der Waals surface area contributed by atoms with Crippen LogP contribution in [0.1, 0.15) is 11.1 Å². The van der Waals surface area contributed by atoms with E-state index in [2.05, 4.69) is 0 Å². The van der Waals surface area contributed by atoms with Crippen molar-refractivity contribution < 1.29 is 14.6 Å². The molecule has 0 unspecified atom stereocenters. The zero-order valence-corrected chi connectivity index (χ0v) is 14.8. The molecular formula is C20H16Cl2O3. The molecule has 0 saturated carbocycles. The number of aromatic hydroxyl groups is 1. The van der Waals surface area contributed by atoms with Gasteiger partial charge in [0.1, 0.15) is 30.5 Å². The Kier molecular flexibility index (Phi) is 5.69. The van der Waals surface area contributed by atoms with E-state index in [1.54, 1.807) is 18.2 Å². The number of halogens is 2. The van der Waals surface area contributed by atoms with E-state index in [1.807, 2.05) is 36.4 Å². The Bertz CT molecular complexity index is 797. The molecule has 0 bridgehead atoms. The Hall–Kier alpha value is -2.36. The first-order chi connectivity index (χ1) is 12.1. The van der Waals surface area contributed by atoms with Crippen LogP contribution in [0, 0.1) is 0 Å². The summed E-state index contributed by atoms with van der Waals surface area (Å²) >= 11 is 12.2. The molecule has 0 aliphatic heterocycles. The molecule has 0 fully saturated rings. The summed E-state index contributed by atoms with van der Waals surface area (Å²) in [6.45, 7) is 0.597. The van der Waals surface area contributed by atoms with E-state index in [1.165, 1.54) is 12.1 Å². The van der Waals surface area contributed by atoms with Gasteiger partial charge < -0.3 is 14.6 Å². The van der Waals surface area contributed by atoms with Gasteiger partial charge in [0, 0.05) is 39.4 Å². The minimum Gasteiger partial charge on any atom is -0.508 e. The van der Waals surface area contributed by atoms with Gasteiger partial charge in [0.05, 0.1) is 0 Å². The van der Waals surface area contributed by atoms with E-state index in [0.717, 1.165) is 11.1 Å². The molecule has 3 rings (SSSR count). The minimum atomic E-state index is 0.0609. The van der Waals surface area contributed by atoms with Gasteiger partial charge in [-0.3, -0.25) is 0 Å². The third-order valence-electron chi connectivity index (χ3n) is 3.57. The highest BCUT2D eigenvalue weighted by Crippen LogP contribution is 2.29. The van der Waals surface area contributed by atoms with Gasteiger partial charge in [-0.05, 0) is 12.1 Å². The van der Waals surface area contributed by atoms with E-state index in [-0.39, 0.29) is 5.75 Å². The smallest absolute Gasteiger partial charge is 0.127 e. The van der Waals surface area contributed by atoms with Crippen LogP contribution in [0.5, 0.6) is 17.2 Å². The van der Waals surface area contributed by atoms with Crippen LogP contribution in [0.3, 0.4) is 0 Å². The van der Waals surface area contributed by atoms with Crippen molar-refractivity contribution in [3.8, 4) is 17.2 Å². The second-order valence-electron chi connectivity index (χ2n) is 5.42. The Balaban J connectivity index is 1.68. The standard InChI is InChI=1S/C20H16Cl2O3/c21-19-7-3-1-5-14(19)12-24-17-9-16(23)10-18(11-17)25-13-15-6-2-4-8-20(15)22/h1-11,23H,12-13H2. The Morgan fingerprint density at radius 3 is 1.56 bits per heavy atom. The summed E-state index contributed by atoms with van der Waals surface area (Å²) in [5.74, 6) is 1.05. The lowest BCUT2D eigenvalue weighted by atomic mass is 10.2. The van der Waals surface area contributed by atoms with Crippen molar-refractivity contribution in [3.05, 3.63) is 87.9 Å². The van der Waals surface area contributed by atoms with Crippen LogP contribution in [0.15, 0.2) is 66.7 Å². The summed E-state index contributed by atoms with van der Waals surface area (Å²) in [5.41, 5.74) is 1.73. The number of benzene rings is 3. The fraction of sp³-hybridized carbons (Fsp3) is 0.100. The summed E-state index contributed by atoms with van der Waals surface area (Å²) in [4.78, 5) is 0. The number of phenolic OH excluding ortho intramolecular Hbond substituents is 1. The van der Waals surface area contributed by atoms with Crippen LogP contribution in [-0.2, 0) is 13.2 Å². The van der Waals surface area contributed by atoms with Crippen LogP contribution in [-0.4, -0.2) is 5.11 Å². The third-order valence-corrected chi connectivity index (χ3v) is 4.31. The predicted molar refractivity (Wildman–Crippen MR) is 99.7 cm³/mol. The number of phenols is 1. The first-order valence-corrected chi connectivity index (χ1v) is 8.44. The molecule has 0 aliphatic carbocycles. The van der Waals surface area contributed by atoms with Crippen molar-refractivity contribution in [3.63, 3.8) is 0 Å².